The average Bonchev–Trinajstić information content (AvgIpc) is 2.48. The molecule has 2 rings (SSSR count). The first kappa shape index (κ1) is 16.9. The van der Waals surface area contributed by atoms with E-state index in [9.17, 15) is 9.18 Å². The fourth-order valence-corrected chi connectivity index (χ4v) is 1.97. The Morgan fingerprint density at radius 2 is 1.91 bits per heavy atom. The Morgan fingerprint density at radius 3 is 2.57 bits per heavy atom. The van der Waals surface area contributed by atoms with Gasteiger partial charge in [-0.05, 0) is 49.6 Å². The molecule has 23 heavy (non-hydrogen) atoms. The van der Waals surface area contributed by atoms with Gasteiger partial charge in [0, 0.05) is 17.9 Å². The van der Waals surface area contributed by atoms with Crippen molar-refractivity contribution in [2.24, 2.45) is 5.92 Å². The highest BCUT2D eigenvalue weighted by Crippen LogP contribution is 2.14. The van der Waals surface area contributed by atoms with Crippen LogP contribution in [-0.4, -0.2) is 22.4 Å². The van der Waals surface area contributed by atoms with Gasteiger partial charge in [-0.2, -0.15) is 0 Å². The third-order valence-corrected chi connectivity index (χ3v) is 3.19. The maximum absolute atomic E-state index is 12.9. The van der Waals surface area contributed by atoms with Crippen molar-refractivity contribution >= 4 is 17.5 Å². The first-order valence-electron chi connectivity index (χ1n) is 7.60. The fourth-order valence-electron chi connectivity index (χ4n) is 1.97. The minimum Gasteiger partial charge on any atom is -0.351 e. The predicted octanol–water partition coefficient (Wildman–Crippen LogP) is 3.44. The summed E-state index contributed by atoms with van der Waals surface area (Å²) in [5, 5.41) is 5.82. The van der Waals surface area contributed by atoms with E-state index in [-0.39, 0.29) is 11.7 Å². The molecule has 1 heterocycles. The second-order valence-corrected chi connectivity index (χ2v) is 5.79. The Balaban J connectivity index is 2.08. The minimum absolute atomic E-state index is 0.224. The summed E-state index contributed by atoms with van der Waals surface area (Å²) in [6.45, 7) is 6.61. The first-order chi connectivity index (χ1) is 10.9. The number of carbonyl (C=O) groups excluding carboxylic acids is 1. The first-order valence-corrected chi connectivity index (χ1v) is 7.60. The van der Waals surface area contributed by atoms with Crippen molar-refractivity contribution in [3.63, 3.8) is 0 Å². The number of anilines is 2. The molecule has 0 atom stereocenters. The number of nitrogens with zero attached hydrogens (tertiary/aromatic N) is 2. The zero-order valence-electron chi connectivity index (χ0n) is 13.6. The Morgan fingerprint density at radius 1 is 1.22 bits per heavy atom. The molecule has 0 aliphatic carbocycles. The molecule has 6 heteroatoms. The van der Waals surface area contributed by atoms with Gasteiger partial charge in [-0.15, -0.1) is 0 Å². The van der Waals surface area contributed by atoms with Crippen molar-refractivity contribution in [1.82, 2.24) is 15.3 Å². The molecule has 1 aromatic heterocycles. The van der Waals surface area contributed by atoms with Crippen LogP contribution in [0.4, 0.5) is 16.0 Å². The van der Waals surface area contributed by atoms with Crippen molar-refractivity contribution in [2.75, 3.05) is 11.9 Å². The van der Waals surface area contributed by atoms with E-state index in [2.05, 4.69) is 34.4 Å². The van der Waals surface area contributed by atoms with Gasteiger partial charge < -0.3 is 10.6 Å². The van der Waals surface area contributed by atoms with Crippen LogP contribution in [0.3, 0.4) is 0 Å². The summed E-state index contributed by atoms with van der Waals surface area (Å²) in [4.78, 5) is 20.6. The van der Waals surface area contributed by atoms with Crippen molar-refractivity contribution < 1.29 is 9.18 Å². The van der Waals surface area contributed by atoms with Gasteiger partial charge in [-0.1, -0.05) is 13.8 Å². The van der Waals surface area contributed by atoms with Gasteiger partial charge in [-0.25, -0.2) is 14.4 Å². The number of benzene rings is 1. The quantitative estimate of drug-likeness (QED) is 0.856. The Bertz CT molecular complexity index is 671. The van der Waals surface area contributed by atoms with Gasteiger partial charge in [0.2, 0.25) is 5.95 Å². The van der Waals surface area contributed by atoms with Crippen LogP contribution < -0.4 is 10.6 Å². The number of amides is 1. The number of hydrogen-bond acceptors (Lipinski definition) is 4. The SMILES string of the molecule is Cc1cc(C(=O)NCCC(C)C)nc(Nc2ccc(F)cc2)n1. The maximum atomic E-state index is 12.9. The normalized spacial score (nSPS) is 10.7. The second kappa shape index (κ2) is 7.67. The summed E-state index contributed by atoms with van der Waals surface area (Å²) in [6, 6.07) is 7.50. The molecule has 0 fully saturated rings. The number of halogens is 1. The molecule has 2 aromatic rings. The van der Waals surface area contributed by atoms with Crippen molar-refractivity contribution in [3.05, 3.63) is 47.5 Å². The highest BCUT2D eigenvalue weighted by atomic mass is 19.1. The van der Waals surface area contributed by atoms with Crippen molar-refractivity contribution in [1.29, 1.82) is 0 Å². The molecule has 5 nitrogen and oxygen atoms in total. The lowest BCUT2D eigenvalue weighted by atomic mass is 10.1. The zero-order valence-corrected chi connectivity index (χ0v) is 13.6. The number of aryl methyl sites for hydroxylation is 1. The largest absolute Gasteiger partial charge is 0.351 e. The number of rotatable bonds is 6. The van der Waals surface area contributed by atoms with E-state index in [1.54, 1.807) is 25.1 Å². The van der Waals surface area contributed by atoms with E-state index in [0.717, 1.165) is 6.42 Å². The zero-order chi connectivity index (χ0) is 16.8. The van der Waals surface area contributed by atoms with Gasteiger partial charge >= 0.3 is 0 Å². The van der Waals surface area contributed by atoms with Crippen LogP contribution in [0.15, 0.2) is 30.3 Å². The minimum atomic E-state index is -0.314. The van der Waals surface area contributed by atoms with E-state index in [1.165, 1.54) is 12.1 Å². The topological polar surface area (TPSA) is 66.9 Å². The standard InChI is InChI=1S/C17H21FN4O/c1-11(2)8-9-19-16(23)15-10-12(3)20-17(22-15)21-14-6-4-13(18)5-7-14/h4-7,10-11H,8-9H2,1-3H3,(H,19,23)(H,20,21,22). The van der Waals surface area contributed by atoms with Crippen LogP contribution in [0.2, 0.25) is 0 Å². The summed E-state index contributed by atoms with van der Waals surface area (Å²) >= 11 is 0. The van der Waals surface area contributed by atoms with E-state index in [0.29, 0.717) is 35.5 Å². The van der Waals surface area contributed by atoms with Crippen LogP contribution in [-0.2, 0) is 0 Å². The van der Waals surface area contributed by atoms with Crippen LogP contribution in [0, 0.1) is 18.7 Å². The molecule has 0 aliphatic heterocycles. The van der Waals surface area contributed by atoms with Crippen molar-refractivity contribution in [2.45, 2.75) is 27.2 Å². The lowest BCUT2D eigenvalue weighted by Gasteiger charge is -2.09. The molecule has 2 N–H and O–H groups in total. The molecular formula is C17H21FN4O. The highest BCUT2D eigenvalue weighted by Gasteiger charge is 2.10. The summed E-state index contributed by atoms with van der Waals surface area (Å²) in [7, 11) is 0. The Hall–Kier alpha value is -2.50. The average molecular weight is 316 g/mol. The van der Waals surface area contributed by atoms with Gasteiger partial charge in [-0.3, -0.25) is 4.79 Å². The summed E-state index contributed by atoms with van der Waals surface area (Å²) in [5.74, 6) is 0.299. The number of nitrogens with one attached hydrogen (secondary N) is 2. The third-order valence-electron chi connectivity index (χ3n) is 3.19. The van der Waals surface area contributed by atoms with Crippen LogP contribution in [0.5, 0.6) is 0 Å². The van der Waals surface area contributed by atoms with E-state index >= 15 is 0 Å². The number of carbonyl (C=O) groups is 1. The monoisotopic (exact) mass is 316 g/mol. The summed E-state index contributed by atoms with van der Waals surface area (Å²) < 4.78 is 12.9. The molecule has 0 bridgehead atoms. The molecule has 122 valence electrons. The van der Waals surface area contributed by atoms with E-state index in [4.69, 9.17) is 0 Å². The van der Waals surface area contributed by atoms with E-state index < -0.39 is 0 Å². The van der Waals surface area contributed by atoms with Gasteiger partial charge in [0.05, 0.1) is 0 Å². The molecule has 0 aliphatic rings. The highest BCUT2D eigenvalue weighted by molar-refractivity contribution is 5.92. The predicted molar refractivity (Wildman–Crippen MR) is 88.2 cm³/mol. The molecular weight excluding hydrogens is 295 g/mol. The Kier molecular flexibility index (Phi) is 5.62. The van der Waals surface area contributed by atoms with Gasteiger partial charge in [0.15, 0.2) is 0 Å². The Labute approximate surface area is 135 Å². The van der Waals surface area contributed by atoms with Crippen molar-refractivity contribution in [3.8, 4) is 0 Å². The summed E-state index contributed by atoms with van der Waals surface area (Å²) in [5.41, 5.74) is 1.65. The summed E-state index contributed by atoms with van der Waals surface area (Å²) in [6.07, 6.45) is 0.913. The smallest absolute Gasteiger partial charge is 0.270 e. The molecule has 1 aromatic carbocycles. The third kappa shape index (κ3) is 5.32. The molecule has 1 amide bonds. The molecule has 0 spiro atoms. The van der Waals surface area contributed by atoms with Crippen LogP contribution >= 0.6 is 0 Å². The fraction of sp³-hybridized carbons (Fsp3) is 0.353. The van der Waals surface area contributed by atoms with Gasteiger partial charge in [0.1, 0.15) is 11.5 Å². The van der Waals surface area contributed by atoms with E-state index in [1.807, 2.05) is 0 Å². The molecule has 0 unspecified atom stereocenters. The second-order valence-electron chi connectivity index (χ2n) is 5.79. The lowest BCUT2D eigenvalue weighted by Crippen LogP contribution is -2.26. The maximum Gasteiger partial charge on any atom is 0.270 e. The molecule has 0 radical (unpaired) electrons. The lowest BCUT2D eigenvalue weighted by molar-refractivity contribution is 0.0947. The molecule has 0 saturated carbocycles. The van der Waals surface area contributed by atoms with Crippen LogP contribution in [0.25, 0.3) is 0 Å². The molecule has 0 saturated heterocycles. The van der Waals surface area contributed by atoms with Gasteiger partial charge in [0.25, 0.3) is 5.91 Å². The number of aromatic nitrogens is 2. The number of hydrogen-bond donors (Lipinski definition) is 2. The van der Waals surface area contributed by atoms with Crippen LogP contribution in [0.1, 0.15) is 36.5 Å².